The highest BCUT2D eigenvalue weighted by Crippen LogP contribution is 2.26. The maximum atomic E-state index is 5.18. The van der Waals surface area contributed by atoms with Crippen LogP contribution in [0.15, 0.2) is 24.3 Å². The van der Waals surface area contributed by atoms with Gasteiger partial charge in [0, 0.05) is 5.33 Å². The van der Waals surface area contributed by atoms with Gasteiger partial charge in [-0.15, -0.1) is 11.3 Å². The number of thiazole rings is 1. The van der Waals surface area contributed by atoms with E-state index < -0.39 is 0 Å². The maximum Gasteiger partial charge on any atom is 0.120 e. The van der Waals surface area contributed by atoms with Crippen LogP contribution in [-0.4, -0.2) is 17.4 Å². The summed E-state index contributed by atoms with van der Waals surface area (Å²) in [6, 6.07) is 5.95. The molecule has 0 spiro atoms. The first-order valence-electron chi connectivity index (χ1n) is 5.00. The highest BCUT2D eigenvalue weighted by Gasteiger charge is 2.02. The van der Waals surface area contributed by atoms with E-state index in [1.54, 1.807) is 18.4 Å². The molecule has 0 aliphatic heterocycles. The summed E-state index contributed by atoms with van der Waals surface area (Å²) >= 11 is 5.08. The minimum atomic E-state index is 0.882. The third kappa shape index (κ3) is 2.62. The normalized spacial score (nSPS) is 11.4. The first kappa shape index (κ1) is 11.6. The second-order valence-electron chi connectivity index (χ2n) is 3.27. The minimum Gasteiger partial charge on any atom is -0.497 e. The smallest absolute Gasteiger partial charge is 0.120 e. The van der Waals surface area contributed by atoms with Crippen molar-refractivity contribution in [1.29, 1.82) is 0 Å². The van der Waals surface area contributed by atoms with E-state index in [9.17, 15) is 0 Å². The van der Waals surface area contributed by atoms with E-state index in [1.807, 2.05) is 18.2 Å². The van der Waals surface area contributed by atoms with Gasteiger partial charge < -0.3 is 4.74 Å². The van der Waals surface area contributed by atoms with Crippen molar-refractivity contribution in [3.05, 3.63) is 29.3 Å². The fraction of sp³-hybridized carbons (Fsp3) is 0.250. The van der Waals surface area contributed by atoms with Gasteiger partial charge in [0.1, 0.15) is 10.8 Å². The van der Waals surface area contributed by atoms with Gasteiger partial charge in [0.15, 0.2) is 0 Å². The summed E-state index contributed by atoms with van der Waals surface area (Å²) in [6.45, 7) is 0. The third-order valence-corrected chi connectivity index (χ3v) is 3.59. The summed E-state index contributed by atoms with van der Waals surface area (Å²) in [7, 11) is 1.68. The number of fused-ring (bicyclic) bond motifs is 1. The molecule has 0 fully saturated rings. The van der Waals surface area contributed by atoms with Gasteiger partial charge in [0.05, 0.1) is 17.3 Å². The average molecular weight is 298 g/mol. The Morgan fingerprint density at radius 1 is 1.50 bits per heavy atom. The monoisotopic (exact) mass is 297 g/mol. The third-order valence-electron chi connectivity index (χ3n) is 2.15. The number of allylic oxidation sites excluding steroid dienone is 1. The molecule has 0 saturated heterocycles. The molecular weight excluding hydrogens is 286 g/mol. The van der Waals surface area contributed by atoms with Crippen molar-refractivity contribution in [2.75, 3.05) is 12.4 Å². The maximum absolute atomic E-state index is 5.18. The Morgan fingerprint density at radius 3 is 3.12 bits per heavy atom. The molecule has 0 atom stereocenters. The van der Waals surface area contributed by atoms with Crippen LogP contribution >= 0.6 is 27.3 Å². The molecule has 2 nitrogen and oxygen atoms in total. The number of halogens is 1. The van der Waals surface area contributed by atoms with E-state index in [4.69, 9.17) is 4.74 Å². The molecule has 0 N–H and O–H groups in total. The Bertz CT molecular complexity index is 507. The molecule has 0 aliphatic carbocycles. The lowest BCUT2D eigenvalue weighted by Gasteiger charge is -1.96. The molecule has 0 unspecified atom stereocenters. The SMILES string of the molecule is COc1ccc2nc(C=CCCBr)sc2c1. The molecule has 84 valence electrons. The van der Waals surface area contributed by atoms with E-state index in [0.29, 0.717) is 0 Å². The van der Waals surface area contributed by atoms with Crippen LogP contribution < -0.4 is 4.74 Å². The summed E-state index contributed by atoms with van der Waals surface area (Å²) in [4.78, 5) is 4.52. The number of hydrogen-bond donors (Lipinski definition) is 0. The van der Waals surface area contributed by atoms with Crippen molar-refractivity contribution >= 4 is 43.6 Å². The quantitative estimate of drug-likeness (QED) is 0.793. The predicted octanol–water partition coefficient (Wildman–Crippen LogP) is 4.10. The van der Waals surface area contributed by atoms with Gasteiger partial charge >= 0.3 is 0 Å². The van der Waals surface area contributed by atoms with Crippen LogP contribution in [0.4, 0.5) is 0 Å². The molecular formula is C12H12BrNOS. The van der Waals surface area contributed by atoms with Crippen LogP contribution in [0.25, 0.3) is 16.3 Å². The Morgan fingerprint density at radius 2 is 2.38 bits per heavy atom. The topological polar surface area (TPSA) is 22.1 Å². The molecule has 0 bridgehead atoms. The molecule has 1 heterocycles. The Balaban J connectivity index is 2.29. The highest BCUT2D eigenvalue weighted by molar-refractivity contribution is 9.09. The lowest BCUT2D eigenvalue weighted by atomic mass is 10.3. The molecule has 16 heavy (non-hydrogen) atoms. The zero-order chi connectivity index (χ0) is 11.4. The largest absolute Gasteiger partial charge is 0.497 e. The van der Waals surface area contributed by atoms with Gasteiger partial charge in [0.25, 0.3) is 0 Å². The van der Waals surface area contributed by atoms with Crippen LogP contribution in [0.3, 0.4) is 0 Å². The molecule has 0 aliphatic rings. The second kappa shape index (κ2) is 5.46. The number of methoxy groups -OCH3 is 1. The first-order chi connectivity index (χ1) is 7.83. The van der Waals surface area contributed by atoms with E-state index >= 15 is 0 Å². The minimum absolute atomic E-state index is 0.882. The Kier molecular flexibility index (Phi) is 3.96. The standard InChI is InChI=1S/C12H12BrNOS/c1-15-9-5-6-10-11(8-9)16-12(14-10)4-2-3-7-13/h2,4-6,8H,3,7H2,1H3. The fourth-order valence-corrected chi connectivity index (χ4v) is 2.56. The van der Waals surface area contributed by atoms with Crippen molar-refractivity contribution < 1.29 is 4.74 Å². The summed E-state index contributed by atoms with van der Waals surface area (Å²) in [6.07, 6.45) is 5.22. The highest BCUT2D eigenvalue weighted by atomic mass is 79.9. The van der Waals surface area contributed by atoms with Gasteiger partial charge in [-0.05, 0) is 30.7 Å². The molecule has 1 aromatic heterocycles. The van der Waals surface area contributed by atoms with Crippen LogP contribution in [0.1, 0.15) is 11.4 Å². The summed E-state index contributed by atoms with van der Waals surface area (Å²) in [5.41, 5.74) is 1.03. The van der Waals surface area contributed by atoms with Gasteiger partial charge in [-0.1, -0.05) is 22.0 Å². The van der Waals surface area contributed by atoms with E-state index in [0.717, 1.165) is 32.7 Å². The number of nitrogens with zero attached hydrogens (tertiary/aromatic N) is 1. The number of alkyl halides is 1. The number of hydrogen-bond acceptors (Lipinski definition) is 3. The van der Waals surface area contributed by atoms with Crippen molar-refractivity contribution in [3.8, 4) is 5.75 Å². The molecule has 4 heteroatoms. The van der Waals surface area contributed by atoms with Crippen molar-refractivity contribution in [2.45, 2.75) is 6.42 Å². The molecule has 2 rings (SSSR count). The molecule has 0 amide bonds. The Labute approximate surface area is 107 Å². The summed E-state index contributed by atoms with van der Waals surface area (Å²) in [5.74, 6) is 0.882. The molecule has 1 aromatic carbocycles. The number of ether oxygens (including phenoxy) is 1. The number of benzene rings is 1. The van der Waals surface area contributed by atoms with Crippen LogP contribution in [0.5, 0.6) is 5.75 Å². The first-order valence-corrected chi connectivity index (χ1v) is 6.94. The van der Waals surface area contributed by atoms with E-state index in [-0.39, 0.29) is 0 Å². The van der Waals surface area contributed by atoms with Crippen molar-refractivity contribution in [1.82, 2.24) is 4.98 Å². The summed E-state index contributed by atoms with van der Waals surface area (Å²) < 4.78 is 6.35. The van der Waals surface area contributed by atoms with Crippen LogP contribution in [0, 0.1) is 0 Å². The number of aromatic nitrogens is 1. The fourth-order valence-electron chi connectivity index (χ4n) is 1.37. The zero-order valence-electron chi connectivity index (χ0n) is 8.94. The predicted molar refractivity (Wildman–Crippen MR) is 73.6 cm³/mol. The summed E-state index contributed by atoms with van der Waals surface area (Å²) in [5, 5.41) is 2.03. The lowest BCUT2D eigenvalue weighted by Crippen LogP contribution is -1.80. The molecule has 2 aromatic rings. The van der Waals surface area contributed by atoms with Crippen LogP contribution in [0.2, 0.25) is 0 Å². The van der Waals surface area contributed by atoms with Gasteiger partial charge in [-0.25, -0.2) is 4.98 Å². The average Bonchev–Trinajstić information content (AvgIpc) is 2.70. The van der Waals surface area contributed by atoms with Gasteiger partial charge in [-0.2, -0.15) is 0 Å². The second-order valence-corrected chi connectivity index (χ2v) is 5.12. The van der Waals surface area contributed by atoms with Gasteiger partial charge in [-0.3, -0.25) is 0 Å². The number of rotatable bonds is 4. The van der Waals surface area contributed by atoms with Gasteiger partial charge in [0.2, 0.25) is 0 Å². The molecule has 0 saturated carbocycles. The Hall–Kier alpha value is -0.870. The van der Waals surface area contributed by atoms with Crippen molar-refractivity contribution in [2.24, 2.45) is 0 Å². The van der Waals surface area contributed by atoms with Crippen LogP contribution in [-0.2, 0) is 0 Å². The lowest BCUT2D eigenvalue weighted by molar-refractivity contribution is 0.415. The zero-order valence-corrected chi connectivity index (χ0v) is 11.3. The van der Waals surface area contributed by atoms with E-state index in [1.165, 1.54) is 0 Å². The van der Waals surface area contributed by atoms with Crippen molar-refractivity contribution in [3.63, 3.8) is 0 Å². The van der Waals surface area contributed by atoms with E-state index in [2.05, 4.69) is 33.1 Å². The molecule has 0 radical (unpaired) electrons.